The Bertz CT molecular complexity index is 1310. The van der Waals surface area contributed by atoms with Gasteiger partial charge in [0, 0.05) is 26.3 Å². The predicted molar refractivity (Wildman–Crippen MR) is 128 cm³/mol. The van der Waals surface area contributed by atoms with Crippen molar-refractivity contribution in [2.24, 2.45) is 0 Å². The highest BCUT2D eigenvalue weighted by molar-refractivity contribution is 6.34. The minimum absolute atomic E-state index is 0.00698. The zero-order valence-electron chi connectivity index (χ0n) is 20.4. The largest absolute Gasteiger partial charge is 0.435 e. The van der Waals surface area contributed by atoms with Crippen LogP contribution in [-0.2, 0) is 4.74 Å². The fourth-order valence-corrected chi connectivity index (χ4v) is 3.67. The zero-order valence-corrected chi connectivity index (χ0v) is 21.2. The van der Waals surface area contributed by atoms with E-state index in [-0.39, 0.29) is 46.3 Å². The van der Waals surface area contributed by atoms with Gasteiger partial charge >= 0.3 is 5.91 Å². The Morgan fingerprint density at radius 1 is 1.16 bits per heavy atom. The maximum absolute atomic E-state index is 13.5. The number of hydrogen-bond donors (Lipinski definition) is 3. The Morgan fingerprint density at radius 3 is 2.49 bits per heavy atom. The second-order valence-corrected chi connectivity index (χ2v) is 8.20. The Kier molecular flexibility index (Phi) is 8.95. The topological polar surface area (TPSA) is 142 Å². The lowest BCUT2D eigenvalue weighted by Gasteiger charge is -2.17. The van der Waals surface area contributed by atoms with Crippen molar-refractivity contribution in [2.75, 3.05) is 32.1 Å². The van der Waals surface area contributed by atoms with Crippen LogP contribution < -0.4 is 10.6 Å². The number of amides is 3. The van der Waals surface area contributed by atoms with E-state index < -0.39 is 29.5 Å². The standard InChI is InChI=1S/C23H25ClF2N6O5/c1-5-32(6-2)23(35)22-27-11(3)19(37-22)17(10-36-4)28-21(34)16-9-18(31-30-16)29-20(33)12-7-14(25)15(26)8-13(12)24/h7-9,17H,5-6,10H2,1-4H3,(H,28,34)(H2,29,30,31,33). The number of nitrogens with zero attached hydrogens (tertiary/aromatic N) is 3. The van der Waals surface area contributed by atoms with Crippen molar-refractivity contribution in [1.82, 2.24) is 25.4 Å². The van der Waals surface area contributed by atoms with Crippen LogP contribution >= 0.6 is 11.6 Å². The second-order valence-electron chi connectivity index (χ2n) is 7.79. The molecule has 0 radical (unpaired) electrons. The smallest absolute Gasteiger partial charge is 0.309 e. The molecule has 0 aliphatic carbocycles. The molecule has 1 aromatic carbocycles. The van der Waals surface area contributed by atoms with Gasteiger partial charge in [-0.05, 0) is 32.9 Å². The molecule has 14 heteroatoms. The number of anilines is 1. The third kappa shape index (κ3) is 6.30. The van der Waals surface area contributed by atoms with E-state index in [1.807, 2.05) is 13.8 Å². The van der Waals surface area contributed by atoms with E-state index in [0.717, 1.165) is 0 Å². The van der Waals surface area contributed by atoms with Gasteiger partial charge in [0.2, 0.25) is 0 Å². The van der Waals surface area contributed by atoms with E-state index in [9.17, 15) is 23.2 Å². The van der Waals surface area contributed by atoms with Crippen LogP contribution in [0.15, 0.2) is 22.6 Å². The summed E-state index contributed by atoms with van der Waals surface area (Å²) in [6.07, 6.45) is 0. The molecule has 37 heavy (non-hydrogen) atoms. The first-order chi connectivity index (χ1) is 17.6. The lowest BCUT2D eigenvalue weighted by molar-refractivity contribution is 0.0726. The monoisotopic (exact) mass is 538 g/mol. The molecule has 0 saturated heterocycles. The molecule has 3 aromatic rings. The molecular weight excluding hydrogens is 514 g/mol. The summed E-state index contributed by atoms with van der Waals surface area (Å²) in [6, 6.07) is 1.76. The zero-order chi connectivity index (χ0) is 27.3. The van der Waals surface area contributed by atoms with Crippen molar-refractivity contribution < 1.29 is 32.3 Å². The maximum atomic E-state index is 13.5. The molecule has 0 fully saturated rings. The van der Waals surface area contributed by atoms with Gasteiger partial charge in [0.25, 0.3) is 17.7 Å². The summed E-state index contributed by atoms with van der Waals surface area (Å²) < 4.78 is 37.7. The van der Waals surface area contributed by atoms with Crippen LogP contribution in [0, 0.1) is 18.6 Å². The highest BCUT2D eigenvalue weighted by Gasteiger charge is 2.27. The van der Waals surface area contributed by atoms with Gasteiger partial charge in [0.15, 0.2) is 23.2 Å². The van der Waals surface area contributed by atoms with Gasteiger partial charge in [-0.25, -0.2) is 13.8 Å². The van der Waals surface area contributed by atoms with Gasteiger partial charge < -0.3 is 24.7 Å². The lowest BCUT2D eigenvalue weighted by Crippen LogP contribution is -2.32. The van der Waals surface area contributed by atoms with E-state index in [0.29, 0.717) is 30.9 Å². The summed E-state index contributed by atoms with van der Waals surface area (Å²) in [5, 5.41) is 11.1. The number of aryl methyl sites for hydroxylation is 1. The molecule has 0 bridgehead atoms. The van der Waals surface area contributed by atoms with Crippen molar-refractivity contribution >= 4 is 35.1 Å². The number of benzene rings is 1. The number of oxazole rings is 1. The van der Waals surface area contributed by atoms with Gasteiger partial charge in [-0.3, -0.25) is 19.5 Å². The number of carbonyl (C=O) groups is 3. The molecule has 2 heterocycles. The number of halogens is 3. The normalized spacial score (nSPS) is 11.8. The van der Waals surface area contributed by atoms with Gasteiger partial charge in [0.05, 0.1) is 22.9 Å². The number of rotatable bonds is 10. The lowest BCUT2D eigenvalue weighted by atomic mass is 10.2. The molecule has 1 atom stereocenters. The SMILES string of the molecule is CCN(CC)C(=O)c1nc(C)c(C(COC)NC(=O)c2cc(NC(=O)c3cc(F)c(F)cc3Cl)n[nH]2)o1. The van der Waals surface area contributed by atoms with E-state index in [1.165, 1.54) is 13.2 Å². The molecule has 198 valence electrons. The number of hydrogen-bond acceptors (Lipinski definition) is 7. The number of ether oxygens (including phenoxy) is 1. The number of nitrogens with one attached hydrogen (secondary N) is 3. The number of carbonyl (C=O) groups excluding carboxylic acids is 3. The molecule has 0 aliphatic heterocycles. The van der Waals surface area contributed by atoms with E-state index >= 15 is 0 Å². The van der Waals surface area contributed by atoms with Crippen LogP contribution in [0.25, 0.3) is 0 Å². The number of H-pyrrole nitrogens is 1. The van der Waals surface area contributed by atoms with Gasteiger partial charge in [0.1, 0.15) is 11.7 Å². The quantitative estimate of drug-likeness (QED) is 0.335. The average Bonchev–Trinajstić information content (AvgIpc) is 3.48. The van der Waals surface area contributed by atoms with Gasteiger partial charge in [-0.15, -0.1) is 0 Å². The van der Waals surface area contributed by atoms with Crippen LogP contribution in [0.3, 0.4) is 0 Å². The summed E-state index contributed by atoms with van der Waals surface area (Å²) in [6.45, 7) is 6.27. The Labute approximate surface area is 215 Å². The molecule has 0 aliphatic rings. The average molecular weight is 539 g/mol. The third-order valence-corrected chi connectivity index (χ3v) is 5.65. The fourth-order valence-electron chi connectivity index (χ4n) is 3.44. The van der Waals surface area contributed by atoms with Crippen molar-refractivity contribution in [3.8, 4) is 0 Å². The molecule has 0 saturated carbocycles. The molecule has 2 aromatic heterocycles. The summed E-state index contributed by atoms with van der Waals surface area (Å²) in [5.74, 6) is -4.24. The highest BCUT2D eigenvalue weighted by atomic mass is 35.5. The maximum Gasteiger partial charge on any atom is 0.309 e. The molecule has 11 nitrogen and oxygen atoms in total. The number of aromatic amines is 1. The van der Waals surface area contributed by atoms with Crippen LogP contribution in [0.1, 0.15) is 62.9 Å². The molecule has 3 N–H and O–H groups in total. The van der Waals surface area contributed by atoms with Crippen molar-refractivity contribution in [1.29, 1.82) is 0 Å². The van der Waals surface area contributed by atoms with Crippen LogP contribution in [0.4, 0.5) is 14.6 Å². The Balaban J connectivity index is 1.74. The van der Waals surface area contributed by atoms with Crippen LogP contribution in [-0.4, -0.2) is 64.6 Å². The van der Waals surface area contributed by atoms with Crippen LogP contribution in [0.5, 0.6) is 0 Å². The van der Waals surface area contributed by atoms with Crippen molar-refractivity contribution in [2.45, 2.75) is 26.8 Å². The fraction of sp³-hybridized carbons (Fsp3) is 0.348. The molecule has 3 amide bonds. The van der Waals surface area contributed by atoms with Crippen molar-refractivity contribution in [3.05, 3.63) is 63.5 Å². The number of aromatic nitrogens is 3. The first-order valence-electron chi connectivity index (χ1n) is 11.2. The minimum Gasteiger partial charge on any atom is -0.435 e. The first kappa shape index (κ1) is 27.7. The van der Waals surface area contributed by atoms with E-state index in [1.54, 1.807) is 11.8 Å². The predicted octanol–water partition coefficient (Wildman–Crippen LogP) is 3.49. The van der Waals surface area contributed by atoms with Crippen LogP contribution in [0.2, 0.25) is 5.02 Å². The Hall–Kier alpha value is -3.84. The third-order valence-electron chi connectivity index (χ3n) is 5.34. The molecule has 1 unspecified atom stereocenters. The first-order valence-corrected chi connectivity index (χ1v) is 11.5. The highest BCUT2D eigenvalue weighted by Crippen LogP contribution is 2.23. The summed E-state index contributed by atoms with van der Waals surface area (Å²) in [5.41, 5.74) is 0.0498. The Morgan fingerprint density at radius 2 is 1.84 bits per heavy atom. The number of methoxy groups -OCH3 is 1. The van der Waals surface area contributed by atoms with Crippen molar-refractivity contribution in [3.63, 3.8) is 0 Å². The molecular formula is C23H25ClF2N6O5. The second kappa shape index (κ2) is 11.9. The van der Waals surface area contributed by atoms with Gasteiger partial charge in [-0.1, -0.05) is 11.6 Å². The van der Waals surface area contributed by atoms with E-state index in [2.05, 4.69) is 25.8 Å². The summed E-state index contributed by atoms with van der Waals surface area (Å²) in [7, 11) is 1.43. The minimum atomic E-state index is -1.24. The summed E-state index contributed by atoms with van der Waals surface area (Å²) >= 11 is 5.82. The van der Waals surface area contributed by atoms with Gasteiger partial charge in [-0.2, -0.15) is 5.10 Å². The molecule has 3 rings (SSSR count). The van der Waals surface area contributed by atoms with E-state index in [4.69, 9.17) is 20.8 Å². The molecule has 0 spiro atoms. The summed E-state index contributed by atoms with van der Waals surface area (Å²) in [4.78, 5) is 43.6.